The fourth-order valence-corrected chi connectivity index (χ4v) is 3.87. The molecule has 1 rings (SSSR count). The van der Waals surface area contributed by atoms with Crippen molar-refractivity contribution in [2.45, 2.75) is 17.9 Å². The number of rotatable bonds is 4. The molecule has 1 aromatic rings. The molecule has 0 spiro atoms. The summed E-state index contributed by atoms with van der Waals surface area (Å²) in [5.74, 6) is -1.32. The van der Waals surface area contributed by atoms with Gasteiger partial charge in [0.2, 0.25) is 10.0 Å². The molecule has 0 fully saturated rings. The van der Waals surface area contributed by atoms with Gasteiger partial charge in [0.15, 0.2) is 0 Å². The van der Waals surface area contributed by atoms with Crippen molar-refractivity contribution in [2.75, 3.05) is 0 Å². The van der Waals surface area contributed by atoms with E-state index in [0.717, 1.165) is 0 Å². The molecule has 18 heavy (non-hydrogen) atoms. The molecule has 1 aromatic carbocycles. The third-order valence-electron chi connectivity index (χ3n) is 1.93. The molecule has 0 bridgehead atoms. The summed E-state index contributed by atoms with van der Waals surface area (Å²) in [4.78, 5) is 10.2. The zero-order chi connectivity index (χ0) is 14.1. The Labute approximate surface area is 119 Å². The predicted octanol–water partition coefficient (Wildman–Crippen LogP) is 2.40. The normalized spacial score (nSPS) is 13.3. The van der Waals surface area contributed by atoms with Crippen molar-refractivity contribution in [3.8, 4) is 0 Å². The number of hydrogen-bond donors (Lipinski definition) is 2. The molecule has 0 aliphatic carbocycles. The Morgan fingerprint density at radius 3 is 2.11 bits per heavy atom. The van der Waals surface area contributed by atoms with Crippen LogP contribution in [0.4, 0.5) is 0 Å². The van der Waals surface area contributed by atoms with Crippen molar-refractivity contribution < 1.29 is 18.3 Å². The smallest absolute Gasteiger partial charge is 0.321 e. The number of aliphatic carboxylic acids is 1. The van der Waals surface area contributed by atoms with Crippen LogP contribution < -0.4 is 4.72 Å². The molecule has 2 N–H and O–H groups in total. The van der Waals surface area contributed by atoms with E-state index < -0.39 is 26.9 Å². The van der Waals surface area contributed by atoms with Crippen LogP contribution in [0.5, 0.6) is 0 Å². The zero-order valence-corrected chi connectivity index (χ0v) is 12.0. The van der Waals surface area contributed by atoms with Gasteiger partial charge in [-0.05, 0) is 19.1 Å². The van der Waals surface area contributed by atoms with Gasteiger partial charge in [-0.2, -0.15) is 4.72 Å². The molecule has 0 amide bonds. The average Bonchev–Trinajstić information content (AvgIpc) is 2.13. The van der Waals surface area contributed by atoms with Gasteiger partial charge < -0.3 is 5.11 Å². The van der Waals surface area contributed by atoms with Gasteiger partial charge in [0.1, 0.15) is 10.9 Å². The minimum atomic E-state index is -4.14. The second-order valence-electron chi connectivity index (χ2n) is 3.38. The van der Waals surface area contributed by atoms with Crippen LogP contribution in [0, 0.1) is 0 Å². The summed E-state index contributed by atoms with van der Waals surface area (Å²) >= 11 is 17.1. The van der Waals surface area contributed by atoms with Crippen LogP contribution in [0.3, 0.4) is 0 Å². The summed E-state index contributed by atoms with van der Waals surface area (Å²) in [6, 6.07) is 1.10. The molecule has 0 aliphatic heterocycles. The van der Waals surface area contributed by atoms with Crippen molar-refractivity contribution in [3.63, 3.8) is 0 Å². The molecule has 0 aromatic heterocycles. The lowest BCUT2D eigenvalue weighted by molar-refractivity contribution is -0.138. The van der Waals surface area contributed by atoms with E-state index in [0.29, 0.717) is 0 Å². The lowest BCUT2D eigenvalue weighted by atomic mass is 10.4. The van der Waals surface area contributed by atoms with Crippen LogP contribution in [0.15, 0.2) is 17.0 Å². The van der Waals surface area contributed by atoms with Crippen LogP contribution in [0.2, 0.25) is 15.1 Å². The Morgan fingerprint density at radius 2 is 1.72 bits per heavy atom. The van der Waals surface area contributed by atoms with Crippen LogP contribution in [0.1, 0.15) is 6.92 Å². The summed E-state index contributed by atoms with van der Waals surface area (Å²) in [5, 5.41) is 8.47. The fourth-order valence-electron chi connectivity index (χ4n) is 1.13. The highest BCUT2D eigenvalue weighted by Gasteiger charge is 2.26. The van der Waals surface area contributed by atoms with E-state index in [1.165, 1.54) is 19.1 Å². The van der Waals surface area contributed by atoms with Gasteiger partial charge in [-0.1, -0.05) is 34.8 Å². The summed E-state index contributed by atoms with van der Waals surface area (Å²) < 4.78 is 25.8. The highest BCUT2D eigenvalue weighted by Crippen LogP contribution is 2.32. The second-order valence-corrected chi connectivity index (χ2v) is 6.28. The Balaban J connectivity index is 3.25. The molecular formula is C9H8Cl3NO4S. The molecule has 0 heterocycles. The van der Waals surface area contributed by atoms with Crippen LogP contribution in [0.25, 0.3) is 0 Å². The summed E-state index contributed by atoms with van der Waals surface area (Å²) in [5.41, 5.74) is 0. The molecule has 100 valence electrons. The summed E-state index contributed by atoms with van der Waals surface area (Å²) in [6.45, 7) is 1.18. The van der Waals surface area contributed by atoms with E-state index in [4.69, 9.17) is 39.9 Å². The molecular weight excluding hydrogens is 325 g/mol. The fraction of sp³-hybridized carbons (Fsp3) is 0.222. The maximum Gasteiger partial charge on any atom is 0.321 e. The molecule has 0 saturated heterocycles. The number of carbonyl (C=O) groups is 1. The number of carboxylic acid groups (broad SMARTS) is 1. The van der Waals surface area contributed by atoms with Crippen molar-refractivity contribution >= 4 is 50.8 Å². The summed E-state index contributed by atoms with van der Waals surface area (Å²) in [6.07, 6.45) is 0. The van der Waals surface area contributed by atoms with E-state index in [1.807, 2.05) is 4.72 Å². The second kappa shape index (κ2) is 5.63. The number of nitrogens with one attached hydrogen (secondary N) is 1. The first-order valence-corrected chi connectivity index (χ1v) is 7.16. The van der Waals surface area contributed by atoms with Crippen LogP contribution in [-0.2, 0) is 14.8 Å². The monoisotopic (exact) mass is 331 g/mol. The van der Waals surface area contributed by atoms with Crippen LogP contribution >= 0.6 is 34.8 Å². The lowest BCUT2D eigenvalue weighted by Gasteiger charge is -2.12. The number of halogens is 3. The Hall–Kier alpha value is -0.530. The largest absolute Gasteiger partial charge is 0.480 e. The first-order valence-electron chi connectivity index (χ1n) is 4.55. The van der Waals surface area contributed by atoms with Gasteiger partial charge in [0.25, 0.3) is 0 Å². The SMILES string of the molecule is C[C@@H](NS(=O)(=O)c1c(Cl)cc(Cl)cc1Cl)C(=O)O. The van der Waals surface area contributed by atoms with E-state index in [1.54, 1.807) is 0 Å². The molecule has 1 atom stereocenters. The standard InChI is InChI=1S/C9H8Cl3NO4S/c1-4(9(14)15)13-18(16,17)8-6(11)2-5(10)3-7(8)12/h2-4,13H,1H3,(H,14,15)/t4-/m1/s1. The molecule has 0 unspecified atom stereocenters. The highest BCUT2D eigenvalue weighted by atomic mass is 35.5. The third kappa shape index (κ3) is 3.49. The first kappa shape index (κ1) is 15.5. The van der Waals surface area contributed by atoms with Gasteiger partial charge in [-0.3, -0.25) is 4.79 Å². The number of hydrogen-bond acceptors (Lipinski definition) is 3. The number of sulfonamides is 1. The van der Waals surface area contributed by atoms with Crippen LogP contribution in [-0.4, -0.2) is 25.5 Å². The maximum atomic E-state index is 11.9. The molecule has 5 nitrogen and oxygen atoms in total. The Bertz CT molecular complexity index is 564. The van der Waals surface area contributed by atoms with E-state index in [-0.39, 0.29) is 15.1 Å². The highest BCUT2D eigenvalue weighted by molar-refractivity contribution is 7.89. The van der Waals surface area contributed by atoms with Crippen molar-refractivity contribution in [1.29, 1.82) is 0 Å². The van der Waals surface area contributed by atoms with Gasteiger partial charge >= 0.3 is 5.97 Å². The zero-order valence-electron chi connectivity index (χ0n) is 8.95. The van der Waals surface area contributed by atoms with Gasteiger partial charge in [0.05, 0.1) is 10.0 Å². The average molecular weight is 333 g/mol. The Kier molecular flexibility index (Phi) is 4.85. The van der Waals surface area contributed by atoms with Gasteiger partial charge in [0, 0.05) is 5.02 Å². The van der Waals surface area contributed by atoms with Gasteiger partial charge in [-0.15, -0.1) is 0 Å². The number of benzene rings is 1. The van der Waals surface area contributed by atoms with Crippen molar-refractivity contribution in [2.24, 2.45) is 0 Å². The lowest BCUT2D eigenvalue weighted by Crippen LogP contribution is -2.38. The molecule has 0 aliphatic rings. The predicted molar refractivity (Wildman–Crippen MR) is 68.9 cm³/mol. The first-order chi connectivity index (χ1) is 8.15. The van der Waals surface area contributed by atoms with Crippen molar-refractivity contribution in [3.05, 3.63) is 27.2 Å². The molecule has 9 heteroatoms. The topological polar surface area (TPSA) is 83.5 Å². The minimum Gasteiger partial charge on any atom is -0.480 e. The van der Waals surface area contributed by atoms with E-state index >= 15 is 0 Å². The molecule has 0 radical (unpaired) electrons. The third-order valence-corrected chi connectivity index (χ3v) is 4.61. The van der Waals surface area contributed by atoms with Crippen molar-refractivity contribution in [1.82, 2.24) is 4.72 Å². The van der Waals surface area contributed by atoms with Gasteiger partial charge in [-0.25, -0.2) is 8.42 Å². The van der Waals surface area contributed by atoms with E-state index in [2.05, 4.69) is 0 Å². The Morgan fingerprint density at radius 1 is 1.28 bits per heavy atom. The number of carboxylic acids is 1. The minimum absolute atomic E-state index is 0.176. The van der Waals surface area contributed by atoms with E-state index in [9.17, 15) is 13.2 Å². The summed E-state index contributed by atoms with van der Waals surface area (Å²) in [7, 11) is -4.14. The molecule has 0 saturated carbocycles. The quantitative estimate of drug-likeness (QED) is 0.887. The maximum absolute atomic E-state index is 11.9.